The van der Waals surface area contributed by atoms with Crippen LogP contribution in [0.25, 0.3) is 0 Å². The Bertz CT molecular complexity index is 446. The minimum absolute atomic E-state index is 0.153. The van der Waals surface area contributed by atoms with Gasteiger partial charge in [0.1, 0.15) is 5.75 Å². The van der Waals surface area contributed by atoms with E-state index in [1.807, 2.05) is 6.07 Å². The first kappa shape index (κ1) is 12.0. The van der Waals surface area contributed by atoms with Gasteiger partial charge in [0.2, 0.25) is 0 Å². The average Bonchev–Trinajstić information content (AvgIpc) is 2.39. The summed E-state index contributed by atoms with van der Waals surface area (Å²) < 4.78 is 11.5. The van der Waals surface area contributed by atoms with Gasteiger partial charge in [-0.05, 0) is 55.4 Å². The van der Waals surface area contributed by atoms with Gasteiger partial charge in [0.05, 0.1) is 12.7 Å². The van der Waals surface area contributed by atoms with Crippen molar-refractivity contribution in [2.24, 2.45) is 5.73 Å². The molecule has 1 aliphatic heterocycles. The summed E-state index contributed by atoms with van der Waals surface area (Å²) in [6, 6.07) is 6.63. The zero-order valence-corrected chi connectivity index (χ0v) is 10.9. The van der Waals surface area contributed by atoms with Crippen LogP contribution in [-0.4, -0.2) is 19.8 Å². The van der Waals surface area contributed by atoms with Crippen LogP contribution in [0.3, 0.4) is 0 Å². The van der Waals surface area contributed by atoms with E-state index in [-0.39, 0.29) is 11.6 Å². The summed E-state index contributed by atoms with van der Waals surface area (Å²) in [6.45, 7) is 0.776. The summed E-state index contributed by atoms with van der Waals surface area (Å²) in [7, 11) is 1.71. The first-order valence-electron chi connectivity index (χ1n) is 6.80. The zero-order valence-electron chi connectivity index (χ0n) is 10.9. The van der Waals surface area contributed by atoms with E-state index in [9.17, 15) is 0 Å². The Labute approximate surface area is 108 Å². The van der Waals surface area contributed by atoms with Crippen LogP contribution in [0.5, 0.6) is 5.75 Å². The molecule has 1 aliphatic carbocycles. The number of hydrogen-bond donors (Lipinski definition) is 1. The van der Waals surface area contributed by atoms with Crippen LogP contribution < -0.4 is 10.5 Å². The number of rotatable bonds is 1. The van der Waals surface area contributed by atoms with E-state index < -0.39 is 0 Å². The average molecular weight is 247 g/mol. The number of aryl methyl sites for hydroxylation is 1. The molecular weight excluding hydrogens is 226 g/mol. The van der Waals surface area contributed by atoms with Crippen LogP contribution in [0, 0.1) is 0 Å². The molecule has 0 bridgehead atoms. The number of fused-ring (bicyclic) bond motifs is 2. The van der Waals surface area contributed by atoms with Gasteiger partial charge in [-0.2, -0.15) is 0 Å². The topological polar surface area (TPSA) is 44.5 Å². The van der Waals surface area contributed by atoms with E-state index in [1.165, 1.54) is 17.5 Å². The fraction of sp³-hybridized carbons (Fsp3) is 0.600. The largest absolute Gasteiger partial charge is 0.497 e. The number of methoxy groups -OCH3 is 1. The molecule has 98 valence electrons. The van der Waals surface area contributed by atoms with E-state index in [4.69, 9.17) is 15.2 Å². The Morgan fingerprint density at radius 1 is 1.44 bits per heavy atom. The molecule has 1 heterocycles. The van der Waals surface area contributed by atoms with E-state index in [0.29, 0.717) is 0 Å². The SMILES string of the molecule is COc1ccc2c(c1)C1(CCC2)CC(N)CCO1. The number of nitrogens with two attached hydrogens (primary N) is 1. The second-order valence-electron chi connectivity index (χ2n) is 5.47. The van der Waals surface area contributed by atoms with Gasteiger partial charge >= 0.3 is 0 Å². The quantitative estimate of drug-likeness (QED) is 0.828. The molecule has 1 aromatic rings. The molecule has 3 nitrogen and oxygen atoms in total. The highest BCUT2D eigenvalue weighted by atomic mass is 16.5. The number of ether oxygens (including phenoxy) is 2. The van der Waals surface area contributed by atoms with Crippen molar-refractivity contribution in [2.75, 3.05) is 13.7 Å². The molecule has 2 aliphatic rings. The summed E-state index contributed by atoms with van der Waals surface area (Å²) in [5.41, 5.74) is 8.71. The molecule has 3 rings (SSSR count). The van der Waals surface area contributed by atoms with Crippen LogP contribution in [0.1, 0.15) is 36.8 Å². The van der Waals surface area contributed by atoms with Gasteiger partial charge in [-0.1, -0.05) is 6.07 Å². The highest BCUT2D eigenvalue weighted by molar-refractivity contribution is 5.41. The lowest BCUT2D eigenvalue weighted by atomic mass is 9.74. The van der Waals surface area contributed by atoms with Crippen LogP contribution in [0.4, 0.5) is 0 Å². The third-order valence-corrected chi connectivity index (χ3v) is 4.29. The monoisotopic (exact) mass is 247 g/mol. The van der Waals surface area contributed by atoms with Gasteiger partial charge in [0, 0.05) is 12.6 Å². The summed E-state index contributed by atoms with van der Waals surface area (Å²) >= 11 is 0. The predicted molar refractivity (Wildman–Crippen MR) is 70.8 cm³/mol. The summed E-state index contributed by atoms with van der Waals surface area (Å²) in [6.07, 6.45) is 5.32. The Balaban J connectivity index is 2.04. The van der Waals surface area contributed by atoms with Gasteiger partial charge in [-0.15, -0.1) is 0 Å². The van der Waals surface area contributed by atoms with Crippen LogP contribution in [-0.2, 0) is 16.8 Å². The molecule has 0 aromatic heterocycles. The number of benzene rings is 1. The fourth-order valence-electron chi connectivity index (χ4n) is 3.38. The molecule has 3 heteroatoms. The van der Waals surface area contributed by atoms with Crippen molar-refractivity contribution in [3.05, 3.63) is 29.3 Å². The molecule has 2 unspecified atom stereocenters. The van der Waals surface area contributed by atoms with Gasteiger partial charge in [0.15, 0.2) is 0 Å². The second-order valence-corrected chi connectivity index (χ2v) is 5.47. The maximum Gasteiger partial charge on any atom is 0.119 e. The van der Waals surface area contributed by atoms with Gasteiger partial charge in [-0.3, -0.25) is 0 Å². The van der Waals surface area contributed by atoms with E-state index >= 15 is 0 Å². The van der Waals surface area contributed by atoms with Gasteiger partial charge in [0.25, 0.3) is 0 Å². The maximum absolute atomic E-state index is 6.17. The van der Waals surface area contributed by atoms with Gasteiger partial charge < -0.3 is 15.2 Å². The standard InChI is InChI=1S/C15H21NO2/c1-17-13-5-4-11-3-2-7-15(14(11)9-13)10-12(16)6-8-18-15/h4-5,9,12H,2-3,6-8,10,16H2,1H3. The van der Waals surface area contributed by atoms with Crippen molar-refractivity contribution in [1.29, 1.82) is 0 Å². The Hall–Kier alpha value is -1.06. The zero-order chi connectivity index (χ0) is 12.6. The molecule has 2 atom stereocenters. The molecule has 1 spiro atoms. The third-order valence-electron chi connectivity index (χ3n) is 4.29. The van der Waals surface area contributed by atoms with Gasteiger partial charge in [-0.25, -0.2) is 0 Å². The summed E-state index contributed by atoms with van der Waals surface area (Å²) in [5, 5.41) is 0. The van der Waals surface area contributed by atoms with E-state index in [2.05, 4.69) is 12.1 Å². The predicted octanol–water partition coefficient (Wildman–Crippen LogP) is 2.36. The molecule has 0 saturated carbocycles. The van der Waals surface area contributed by atoms with E-state index in [0.717, 1.165) is 38.0 Å². The molecular formula is C15H21NO2. The molecule has 1 aromatic carbocycles. The Morgan fingerprint density at radius 3 is 3.11 bits per heavy atom. The summed E-state index contributed by atoms with van der Waals surface area (Å²) in [4.78, 5) is 0. The van der Waals surface area contributed by atoms with E-state index in [1.54, 1.807) is 7.11 Å². The Kier molecular flexibility index (Phi) is 3.04. The van der Waals surface area contributed by atoms with Crippen LogP contribution in [0.15, 0.2) is 18.2 Å². The Morgan fingerprint density at radius 2 is 2.33 bits per heavy atom. The normalized spacial score (nSPS) is 31.1. The van der Waals surface area contributed by atoms with Crippen molar-refractivity contribution in [3.8, 4) is 5.75 Å². The van der Waals surface area contributed by atoms with Crippen molar-refractivity contribution < 1.29 is 9.47 Å². The lowest BCUT2D eigenvalue weighted by molar-refractivity contribution is -0.100. The molecule has 1 saturated heterocycles. The van der Waals surface area contributed by atoms with Crippen LogP contribution >= 0.6 is 0 Å². The van der Waals surface area contributed by atoms with Crippen molar-refractivity contribution >= 4 is 0 Å². The first-order chi connectivity index (χ1) is 8.73. The minimum Gasteiger partial charge on any atom is -0.497 e. The summed E-state index contributed by atoms with van der Waals surface area (Å²) in [5.74, 6) is 0.915. The number of hydrogen-bond acceptors (Lipinski definition) is 3. The molecule has 18 heavy (non-hydrogen) atoms. The van der Waals surface area contributed by atoms with Crippen molar-refractivity contribution in [3.63, 3.8) is 0 Å². The van der Waals surface area contributed by atoms with Crippen LogP contribution in [0.2, 0.25) is 0 Å². The lowest BCUT2D eigenvalue weighted by Gasteiger charge is -2.44. The highest BCUT2D eigenvalue weighted by Gasteiger charge is 2.41. The first-order valence-corrected chi connectivity index (χ1v) is 6.80. The third kappa shape index (κ3) is 1.91. The molecule has 0 amide bonds. The van der Waals surface area contributed by atoms with Crippen molar-refractivity contribution in [2.45, 2.75) is 43.7 Å². The minimum atomic E-state index is -0.153. The molecule has 0 radical (unpaired) electrons. The molecule has 2 N–H and O–H groups in total. The molecule has 1 fully saturated rings. The smallest absolute Gasteiger partial charge is 0.119 e. The fourth-order valence-corrected chi connectivity index (χ4v) is 3.38. The second kappa shape index (κ2) is 4.56. The highest BCUT2D eigenvalue weighted by Crippen LogP contribution is 2.45. The van der Waals surface area contributed by atoms with Crippen molar-refractivity contribution in [1.82, 2.24) is 0 Å². The maximum atomic E-state index is 6.17. The lowest BCUT2D eigenvalue weighted by Crippen LogP contribution is -2.44.